The lowest BCUT2D eigenvalue weighted by Gasteiger charge is -2.04. The number of ketones is 1. The van der Waals surface area contributed by atoms with Crippen molar-refractivity contribution in [2.24, 2.45) is 0 Å². The van der Waals surface area contributed by atoms with Gasteiger partial charge in [0.15, 0.2) is 5.78 Å². The normalized spacial score (nSPS) is 10.3. The van der Waals surface area contributed by atoms with Crippen LogP contribution >= 0.6 is 11.6 Å². The maximum atomic E-state index is 11.9. The molecule has 92 valence electrons. The highest BCUT2D eigenvalue weighted by atomic mass is 35.5. The summed E-state index contributed by atoms with van der Waals surface area (Å²) in [5.41, 5.74) is 0.913. The zero-order valence-electron chi connectivity index (χ0n) is 9.76. The molecule has 18 heavy (non-hydrogen) atoms. The molecule has 0 N–H and O–H groups in total. The van der Waals surface area contributed by atoms with E-state index in [0.29, 0.717) is 16.3 Å². The second-order valence-corrected chi connectivity index (χ2v) is 4.34. The van der Waals surface area contributed by atoms with E-state index in [1.54, 1.807) is 37.3 Å². The highest BCUT2D eigenvalue weighted by Crippen LogP contribution is 2.10. The number of halogens is 1. The number of carbonyl (C=O) groups excluding carboxylic acids is 1. The van der Waals surface area contributed by atoms with E-state index in [2.05, 4.69) is 5.10 Å². The van der Waals surface area contributed by atoms with Gasteiger partial charge in [-0.15, -0.1) is 0 Å². The topological polar surface area (TPSA) is 52.0 Å². The third kappa shape index (κ3) is 2.84. The van der Waals surface area contributed by atoms with Gasteiger partial charge >= 0.3 is 0 Å². The van der Waals surface area contributed by atoms with Crippen molar-refractivity contribution in [3.05, 3.63) is 63.0 Å². The van der Waals surface area contributed by atoms with Crippen LogP contribution in [-0.4, -0.2) is 15.6 Å². The van der Waals surface area contributed by atoms with Gasteiger partial charge in [0.2, 0.25) is 0 Å². The monoisotopic (exact) mass is 262 g/mol. The zero-order valence-corrected chi connectivity index (χ0v) is 10.5. The van der Waals surface area contributed by atoms with Gasteiger partial charge in [0, 0.05) is 16.7 Å². The molecule has 1 aromatic carbocycles. The predicted molar refractivity (Wildman–Crippen MR) is 69.0 cm³/mol. The summed E-state index contributed by atoms with van der Waals surface area (Å²) in [7, 11) is 0. The summed E-state index contributed by atoms with van der Waals surface area (Å²) in [6.07, 6.45) is 0. The van der Waals surface area contributed by atoms with Crippen molar-refractivity contribution in [1.82, 2.24) is 9.78 Å². The van der Waals surface area contributed by atoms with Crippen molar-refractivity contribution in [2.75, 3.05) is 0 Å². The lowest BCUT2D eigenvalue weighted by atomic mass is 10.1. The number of carbonyl (C=O) groups is 1. The first-order valence-electron chi connectivity index (χ1n) is 5.40. The standard InChI is InChI=1S/C13H11ClN2O2/c1-9-2-7-13(18)16(15-9)8-12(17)10-3-5-11(14)6-4-10/h2-7H,8H2,1H3. The molecule has 0 aliphatic heterocycles. The largest absolute Gasteiger partial charge is 0.292 e. The van der Waals surface area contributed by atoms with Crippen molar-refractivity contribution in [1.29, 1.82) is 0 Å². The Bertz CT molecular complexity index is 632. The van der Waals surface area contributed by atoms with E-state index in [4.69, 9.17) is 11.6 Å². The second-order valence-electron chi connectivity index (χ2n) is 3.90. The molecule has 0 atom stereocenters. The Kier molecular flexibility index (Phi) is 3.58. The molecule has 2 rings (SSSR count). The van der Waals surface area contributed by atoms with Crippen molar-refractivity contribution >= 4 is 17.4 Å². The minimum atomic E-state index is -0.289. The number of benzene rings is 1. The van der Waals surface area contributed by atoms with Crippen LogP contribution in [-0.2, 0) is 6.54 Å². The summed E-state index contributed by atoms with van der Waals surface area (Å²) in [6, 6.07) is 9.56. The van der Waals surface area contributed by atoms with E-state index in [-0.39, 0.29) is 17.9 Å². The quantitative estimate of drug-likeness (QED) is 0.796. The van der Waals surface area contributed by atoms with Gasteiger partial charge in [0.25, 0.3) is 5.56 Å². The fourth-order valence-corrected chi connectivity index (χ4v) is 1.65. The Labute approximate surface area is 109 Å². The maximum Gasteiger partial charge on any atom is 0.267 e. The van der Waals surface area contributed by atoms with Gasteiger partial charge in [0.05, 0.1) is 5.69 Å². The summed E-state index contributed by atoms with van der Waals surface area (Å²) in [5, 5.41) is 4.58. The van der Waals surface area contributed by atoms with Crippen LogP contribution in [0, 0.1) is 6.92 Å². The Morgan fingerprint density at radius 3 is 2.56 bits per heavy atom. The zero-order chi connectivity index (χ0) is 13.1. The highest BCUT2D eigenvalue weighted by molar-refractivity contribution is 6.30. The molecule has 1 heterocycles. The van der Waals surface area contributed by atoms with Gasteiger partial charge in [-0.05, 0) is 37.3 Å². The minimum Gasteiger partial charge on any atom is -0.292 e. The van der Waals surface area contributed by atoms with E-state index in [1.807, 2.05) is 0 Å². The van der Waals surface area contributed by atoms with E-state index in [0.717, 1.165) is 4.68 Å². The fourth-order valence-electron chi connectivity index (χ4n) is 1.53. The van der Waals surface area contributed by atoms with Crippen molar-refractivity contribution in [2.45, 2.75) is 13.5 Å². The molecule has 0 radical (unpaired) electrons. The van der Waals surface area contributed by atoms with Crippen LogP contribution in [0.3, 0.4) is 0 Å². The van der Waals surface area contributed by atoms with Gasteiger partial charge in [0.1, 0.15) is 6.54 Å². The third-order valence-corrected chi connectivity index (χ3v) is 2.71. The summed E-state index contributed by atoms with van der Waals surface area (Å²) in [5.74, 6) is -0.174. The molecule has 0 aliphatic carbocycles. The third-order valence-electron chi connectivity index (χ3n) is 2.46. The number of aromatic nitrogens is 2. The molecule has 0 unspecified atom stereocenters. The molecular weight excluding hydrogens is 252 g/mol. The van der Waals surface area contributed by atoms with E-state index < -0.39 is 0 Å². The van der Waals surface area contributed by atoms with E-state index in [9.17, 15) is 9.59 Å². The first-order chi connectivity index (χ1) is 8.56. The molecule has 0 saturated carbocycles. The highest BCUT2D eigenvalue weighted by Gasteiger charge is 2.08. The molecule has 4 nitrogen and oxygen atoms in total. The average Bonchev–Trinajstić information content (AvgIpc) is 2.34. The van der Waals surface area contributed by atoms with Gasteiger partial charge in [-0.25, -0.2) is 4.68 Å². The molecule has 0 spiro atoms. The van der Waals surface area contributed by atoms with Crippen LogP contribution in [0.2, 0.25) is 5.02 Å². The molecular formula is C13H11ClN2O2. The van der Waals surface area contributed by atoms with Crippen LogP contribution in [0.4, 0.5) is 0 Å². The van der Waals surface area contributed by atoms with Crippen molar-refractivity contribution in [3.8, 4) is 0 Å². The lowest BCUT2D eigenvalue weighted by Crippen LogP contribution is -2.26. The van der Waals surface area contributed by atoms with Gasteiger partial charge < -0.3 is 0 Å². The van der Waals surface area contributed by atoms with Crippen LogP contribution in [0.15, 0.2) is 41.2 Å². The molecule has 5 heteroatoms. The number of nitrogens with zero attached hydrogens (tertiary/aromatic N) is 2. The van der Waals surface area contributed by atoms with Crippen molar-refractivity contribution < 1.29 is 4.79 Å². The molecule has 0 amide bonds. The smallest absolute Gasteiger partial charge is 0.267 e. The SMILES string of the molecule is Cc1ccc(=O)n(CC(=O)c2ccc(Cl)cc2)n1. The number of aryl methyl sites for hydroxylation is 1. The summed E-state index contributed by atoms with van der Waals surface area (Å²) in [6.45, 7) is 1.70. The molecule has 0 fully saturated rings. The van der Waals surface area contributed by atoms with Crippen LogP contribution in [0.25, 0.3) is 0 Å². The van der Waals surface area contributed by atoms with Gasteiger partial charge in [-0.2, -0.15) is 5.10 Å². The number of hydrogen-bond donors (Lipinski definition) is 0. The summed E-state index contributed by atoms with van der Waals surface area (Å²) in [4.78, 5) is 23.5. The molecule has 0 saturated heterocycles. The summed E-state index contributed by atoms with van der Waals surface area (Å²) < 4.78 is 1.16. The van der Waals surface area contributed by atoms with E-state index >= 15 is 0 Å². The second kappa shape index (κ2) is 5.14. The molecule has 0 bridgehead atoms. The summed E-state index contributed by atoms with van der Waals surface area (Å²) >= 11 is 5.74. The van der Waals surface area contributed by atoms with Crippen LogP contribution in [0.1, 0.15) is 16.1 Å². The lowest BCUT2D eigenvalue weighted by molar-refractivity contribution is 0.0965. The van der Waals surface area contributed by atoms with E-state index in [1.165, 1.54) is 6.07 Å². The first kappa shape index (κ1) is 12.5. The maximum absolute atomic E-state index is 11.9. The van der Waals surface area contributed by atoms with Crippen LogP contribution < -0.4 is 5.56 Å². The van der Waals surface area contributed by atoms with Crippen molar-refractivity contribution in [3.63, 3.8) is 0 Å². The molecule has 2 aromatic rings. The Morgan fingerprint density at radius 2 is 1.89 bits per heavy atom. The Hall–Kier alpha value is -1.94. The number of rotatable bonds is 3. The Balaban J connectivity index is 2.24. The predicted octanol–water partition coefficient (Wildman–Crippen LogP) is 2.09. The Morgan fingerprint density at radius 1 is 1.22 bits per heavy atom. The van der Waals surface area contributed by atoms with Crippen LogP contribution in [0.5, 0.6) is 0 Å². The molecule has 0 aliphatic rings. The average molecular weight is 263 g/mol. The van der Waals surface area contributed by atoms with Gasteiger partial charge in [-0.1, -0.05) is 11.6 Å². The fraction of sp³-hybridized carbons (Fsp3) is 0.154. The first-order valence-corrected chi connectivity index (χ1v) is 5.77. The number of hydrogen-bond acceptors (Lipinski definition) is 3. The van der Waals surface area contributed by atoms with Gasteiger partial charge in [-0.3, -0.25) is 9.59 Å². The molecule has 1 aromatic heterocycles. The minimum absolute atomic E-state index is 0.0673. The number of Topliss-reactive ketones (excluding diaryl/α,β-unsaturated/α-hetero) is 1.